The number of fused-ring (bicyclic) bond motifs is 23. The van der Waals surface area contributed by atoms with Gasteiger partial charge in [0, 0.05) is 50.2 Å². The van der Waals surface area contributed by atoms with Crippen molar-refractivity contribution in [3.63, 3.8) is 0 Å². The number of hydrogen-bond acceptors (Lipinski definition) is 5. The summed E-state index contributed by atoms with van der Waals surface area (Å²) < 4.78 is 22.5. The summed E-state index contributed by atoms with van der Waals surface area (Å²) in [6, 6.07) is 108. The van der Waals surface area contributed by atoms with E-state index in [1.165, 1.54) is 71.6 Å². The second kappa shape index (κ2) is 21.5. The Morgan fingerprint density at radius 2 is 0.780 bits per heavy atom. The van der Waals surface area contributed by atoms with Gasteiger partial charge < -0.3 is 23.4 Å². The molecule has 16 aromatic rings. The molecular formula is C95H70N2O3. The molecule has 0 saturated carbocycles. The van der Waals surface area contributed by atoms with Gasteiger partial charge in [-0.2, -0.15) is 0 Å². The van der Waals surface area contributed by atoms with Crippen molar-refractivity contribution in [1.29, 1.82) is 0 Å². The Morgan fingerprint density at radius 3 is 1.28 bits per heavy atom. The highest BCUT2D eigenvalue weighted by molar-refractivity contribution is 6.26. The maximum absolute atomic E-state index is 7.76. The average molecular weight is 1290 g/mol. The first-order valence-corrected chi connectivity index (χ1v) is 35.1. The fourth-order valence-electron chi connectivity index (χ4n) is 17.5. The number of nitrogens with zero attached hydrogens (tertiary/aromatic N) is 2. The van der Waals surface area contributed by atoms with E-state index >= 15 is 0 Å². The van der Waals surface area contributed by atoms with E-state index < -0.39 is 5.41 Å². The summed E-state index contributed by atoms with van der Waals surface area (Å²) in [6.07, 6.45) is 4.57. The number of benzene rings is 14. The van der Waals surface area contributed by atoms with E-state index in [9.17, 15) is 0 Å². The van der Waals surface area contributed by atoms with Crippen molar-refractivity contribution in [2.45, 2.75) is 69.8 Å². The minimum absolute atomic E-state index is 0.0742. The minimum atomic E-state index is -0.959. The fraction of sp³-hybridized carbons (Fsp3) is 0.116. The van der Waals surface area contributed by atoms with Crippen LogP contribution in [0.15, 0.2) is 318 Å². The predicted octanol–water partition coefficient (Wildman–Crippen LogP) is 25.9. The van der Waals surface area contributed by atoms with Crippen molar-refractivity contribution in [3.05, 3.63) is 348 Å². The zero-order valence-corrected chi connectivity index (χ0v) is 56.6. The maximum atomic E-state index is 7.76. The van der Waals surface area contributed by atoms with Crippen molar-refractivity contribution in [2.24, 2.45) is 0 Å². The van der Waals surface area contributed by atoms with Gasteiger partial charge >= 0.3 is 0 Å². The molecule has 478 valence electrons. The van der Waals surface area contributed by atoms with Crippen LogP contribution in [0, 0.1) is 0 Å². The summed E-state index contributed by atoms with van der Waals surface area (Å²) >= 11 is 0. The normalized spacial score (nSPS) is 15.6. The Labute approximate surface area is 581 Å². The van der Waals surface area contributed by atoms with E-state index in [1.807, 2.05) is 0 Å². The molecule has 2 aromatic heterocycles. The summed E-state index contributed by atoms with van der Waals surface area (Å²) in [5.74, 6) is 0.850. The number of para-hydroxylation sites is 3. The molecule has 5 heteroatoms. The van der Waals surface area contributed by atoms with Crippen LogP contribution in [0.2, 0.25) is 0 Å². The van der Waals surface area contributed by atoms with Gasteiger partial charge in [-0.15, -0.1) is 0 Å². The topological polar surface area (TPSA) is 42.0 Å². The Kier molecular flexibility index (Phi) is 12.5. The van der Waals surface area contributed by atoms with Crippen LogP contribution in [-0.4, -0.2) is 6.10 Å². The van der Waals surface area contributed by atoms with E-state index in [1.54, 1.807) is 0 Å². The Hall–Kier alpha value is -11.9. The van der Waals surface area contributed by atoms with Gasteiger partial charge in [0.15, 0.2) is 0 Å². The molecule has 2 unspecified atom stereocenters. The van der Waals surface area contributed by atoms with Crippen LogP contribution in [0.25, 0.3) is 104 Å². The third-order valence-electron chi connectivity index (χ3n) is 22.2. The third kappa shape index (κ3) is 8.48. The third-order valence-corrected chi connectivity index (χ3v) is 22.2. The van der Waals surface area contributed by atoms with Crippen molar-refractivity contribution in [2.75, 3.05) is 9.80 Å². The summed E-state index contributed by atoms with van der Waals surface area (Å²) in [7, 11) is 0. The molecule has 0 bridgehead atoms. The highest BCUT2D eigenvalue weighted by Gasteiger charge is 2.58. The molecular weight excluding hydrogens is 1220 g/mol. The van der Waals surface area contributed by atoms with Crippen LogP contribution >= 0.6 is 0 Å². The van der Waals surface area contributed by atoms with Crippen LogP contribution in [0.4, 0.5) is 34.1 Å². The lowest BCUT2D eigenvalue weighted by molar-refractivity contribution is 0.271. The standard InChI is InChI=1S/C95H70N2O3/c1-93(2,3)61-41-49-65(50-42-61)96(63-45-37-59(38-46-63)69-31-19-23-57-21-7-9-25-67(57)69)79-55-77-89(91-86(79)72-28-12-17-35-82(72)99-91)90-78(95(77)75-33-15-11-27-71(75)85-76(95)53-54-84-88(85)74-30-14-16-34-81(74)98-84)56-80(87-73-29-13-18-36-83(73)100-92(87)90)97(66-51-43-62(44-52-66)94(4,5)6)64-47-39-60(40-48-64)70-32-20-24-58-22-8-10-26-68(58)70/h7-56,84,88H,1-6H3. The monoisotopic (exact) mass is 1290 g/mol. The zero-order chi connectivity index (χ0) is 66.9. The van der Waals surface area contributed by atoms with Crippen LogP contribution in [-0.2, 0) is 16.2 Å². The number of furan rings is 2. The van der Waals surface area contributed by atoms with E-state index in [0.717, 1.165) is 117 Å². The molecule has 1 spiro atoms. The van der Waals surface area contributed by atoms with Crippen LogP contribution in [0.1, 0.15) is 86.4 Å². The molecule has 5 nitrogen and oxygen atoms in total. The van der Waals surface area contributed by atoms with Crippen LogP contribution in [0.3, 0.4) is 0 Å². The van der Waals surface area contributed by atoms with Crippen molar-refractivity contribution < 1.29 is 13.6 Å². The molecule has 0 amide bonds. The quantitative estimate of drug-likeness (QED) is 0.152. The maximum Gasteiger partial charge on any atom is 0.145 e. The number of allylic oxidation sites excluding steroid dienone is 2. The average Bonchev–Trinajstić information content (AvgIpc) is 1.48. The number of rotatable bonds is 8. The smallest absolute Gasteiger partial charge is 0.145 e. The summed E-state index contributed by atoms with van der Waals surface area (Å²) in [5.41, 5.74) is 25.9. The Balaban J connectivity index is 0.918. The van der Waals surface area contributed by atoms with Gasteiger partial charge in [0.1, 0.15) is 34.2 Å². The summed E-state index contributed by atoms with van der Waals surface area (Å²) in [4.78, 5) is 5.00. The molecule has 4 aliphatic rings. The summed E-state index contributed by atoms with van der Waals surface area (Å²) in [5, 5.41) is 8.98. The zero-order valence-electron chi connectivity index (χ0n) is 56.6. The lowest BCUT2D eigenvalue weighted by Gasteiger charge is -2.35. The van der Waals surface area contributed by atoms with Crippen LogP contribution in [0.5, 0.6) is 5.75 Å². The van der Waals surface area contributed by atoms with Gasteiger partial charge in [-0.05, 0) is 184 Å². The number of anilines is 6. The number of ether oxygens (including phenoxy) is 1. The van der Waals surface area contributed by atoms with Gasteiger partial charge in [-0.25, -0.2) is 0 Å². The highest BCUT2D eigenvalue weighted by Crippen LogP contribution is 2.70. The minimum Gasteiger partial charge on any atom is -0.485 e. The Bertz CT molecular complexity index is 5830. The SMILES string of the molecule is CC(C)(C)c1ccc(N(c2ccc(-c3cccc4ccccc34)cc2)c2cc3c(c4oc5ccccc5c24)-c2c(cc(N(c4ccc(-c5cccc6ccccc56)cc4)c4ccc(C(C)(C)C)cc4)c4c2oc2ccccc24)C32C3=C(c4ccccc42)C2c4ccccc4OC2C=C3)cc1. The van der Waals surface area contributed by atoms with Gasteiger partial charge in [-0.1, -0.05) is 260 Å². The van der Waals surface area contributed by atoms with Gasteiger partial charge in [0.25, 0.3) is 0 Å². The lowest BCUT2D eigenvalue weighted by atomic mass is 9.67. The van der Waals surface area contributed by atoms with E-state index in [-0.39, 0.29) is 22.9 Å². The first kappa shape index (κ1) is 58.3. The summed E-state index contributed by atoms with van der Waals surface area (Å²) in [6.45, 7) is 13.8. The molecule has 0 radical (unpaired) electrons. The lowest BCUT2D eigenvalue weighted by Crippen LogP contribution is -2.29. The molecule has 20 rings (SSSR count). The van der Waals surface area contributed by atoms with E-state index in [2.05, 4.69) is 355 Å². The predicted molar refractivity (Wildman–Crippen MR) is 415 cm³/mol. The molecule has 2 atom stereocenters. The molecule has 3 heterocycles. The molecule has 0 fully saturated rings. The van der Waals surface area contributed by atoms with Gasteiger partial charge in [0.2, 0.25) is 0 Å². The van der Waals surface area contributed by atoms with E-state index in [0.29, 0.717) is 0 Å². The molecule has 3 aliphatic carbocycles. The second-order valence-corrected chi connectivity index (χ2v) is 29.7. The van der Waals surface area contributed by atoms with Crippen molar-refractivity contribution in [1.82, 2.24) is 0 Å². The molecule has 100 heavy (non-hydrogen) atoms. The Morgan fingerprint density at radius 1 is 0.370 bits per heavy atom. The molecule has 14 aromatic carbocycles. The van der Waals surface area contributed by atoms with Gasteiger partial charge in [0.05, 0.1) is 33.5 Å². The molecule has 1 aliphatic heterocycles. The first-order valence-electron chi connectivity index (χ1n) is 35.1. The van der Waals surface area contributed by atoms with Crippen LogP contribution < -0.4 is 14.5 Å². The van der Waals surface area contributed by atoms with Crippen molar-refractivity contribution in [3.8, 4) is 39.1 Å². The highest BCUT2D eigenvalue weighted by atomic mass is 16.5. The first-order chi connectivity index (χ1) is 48.9. The number of hydrogen-bond donors (Lipinski definition) is 0. The molecule has 0 N–H and O–H groups in total. The molecule has 0 saturated heterocycles. The van der Waals surface area contributed by atoms with E-state index in [4.69, 9.17) is 13.6 Å². The second-order valence-electron chi connectivity index (χ2n) is 29.7. The van der Waals surface area contributed by atoms with Gasteiger partial charge in [-0.3, -0.25) is 0 Å². The fourth-order valence-corrected chi connectivity index (χ4v) is 17.5. The van der Waals surface area contributed by atoms with Crippen molar-refractivity contribution >= 4 is 105 Å². The largest absolute Gasteiger partial charge is 0.485 e.